The Morgan fingerprint density at radius 1 is 1.37 bits per heavy atom. The van der Waals surface area contributed by atoms with E-state index in [9.17, 15) is 4.79 Å². The van der Waals surface area contributed by atoms with Gasteiger partial charge in [-0.15, -0.1) is 0 Å². The Morgan fingerprint density at radius 2 is 2.16 bits per heavy atom. The minimum absolute atomic E-state index is 0.00536. The van der Waals surface area contributed by atoms with Crippen molar-refractivity contribution in [2.75, 3.05) is 0 Å². The lowest BCUT2D eigenvalue weighted by Crippen LogP contribution is -2.02. The maximum Gasteiger partial charge on any atom is 0.341 e. The summed E-state index contributed by atoms with van der Waals surface area (Å²) in [6, 6.07) is 8.14. The Labute approximate surface area is 117 Å². The molecule has 2 aromatic rings. The highest BCUT2D eigenvalue weighted by Crippen LogP contribution is 2.26. The molecule has 1 aromatic heterocycles. The summed E-state index contributed by atoms with van der Waals surface area (Å²) in [6.45, 7) is -0.114. The fourth-order valence-electron chi connectivity index (χ4n) is 1.48. The van der Waals surface area contributed by atoms with Gasteiger partial charge in [-0.25, -0.2) is 9.78 Å². The SMILES string of the molecule is O=C(O)c1cc(Br)cnc1Oc1cccc(CO)c1. The van der Waals surface area contributed by atoms with Crippen LogP contribution >= 0.6 is 15.9 Å². The van der Waals surface area contributed by atoms with Crippen LogP contribution in [0.1, 0.15) is 15.9 Å². The van der Waals surface area contributed by atoms with Crippen LogP contribution < -0.4 is 4.74 Å². The second-order valence-corrected chi connectivity index (χ2v) is 4.63. The molecule has 0 fully saturated rings. The smallest absolute Gasteiger partial charge is 0.341 e. The summed E-state index contributed by atoms with van der Waals surface area (Å²) in [5.41, 5.74) is 0.635. The third kappa shape index (κ3) is 3.30. The molecule has 2 N–H and O–H groups in total. The van der Waals surface area contributed by atoms with Crippen LogP contribution in [0.25, 0.3) is 0 Å². The number of hydrogen-bond donors (Lipinski definition) is 2. The molecule has 0 aliphatic rings. The van der Waals surface area contributed by atoms with Crippen LogP contribution in [0.15, 0.2) is 41.0 Å². The number of carboxylic acid groups (broad SMARTS) is 1. The first-order chi connectivity index (χ1) is 9.10. The monoisotopic (exact) mass is 323 g/mol. The van der Waals surface area contributed by atoms with Crippen LogP contribution in [-0.2, 0) is 6.61 Å². The molecule has 98 valence electrons. The number of aromatic carboxylic acids is 1. The molecule has 0 saturated carbocycles. The van der Waals surface area contributed by atoms with E-state index >= 15 is 0 Å². The minimum atomic E-state index is -1.12. The molecule has 19 heavy (non-hydrogen) atoms. The van der Waals surface area contributed by atoms with E-state index < -0.39 is 5.97 Å². The second kappa shape index (κ2) is 5.81. The number of aliphatic hydroxyl groups excluding tert-OH is 1. The molecule has 0 spiro atoms. The van der Waals surface area contributed by atoms with E-state index in [2.05, 4.69) is 20.9 Å². The van der Waals surface area contributed by atoms with Crippen molar-refractivity contribution in [2.24, 2.45) is 0 Å². The number of halogens is 1. The van der Waals surface area contributed by atoms with Gasteiger partial charge in [0, 0.05) is 10.7 Å². The summed E-state index contributed by atoms with van der Waals surface area (Å²) in [6.07, 6.45) is 1.46. The fourth-order valence-corrected chi connectivity index (χ4v) is 1.81. The lowest BCUT2D eigenvalue weighted by Gasteiger charge is -2.08. The van der Waals surface area contributed by atoms with E-state index in [0.29, 0.717) is 15.8 Å². The minimum Gasteiger partial charge on any atom is -0.477 e. The van der Waals surface area contributed by atoms with Gasteiger partial charge >= 0.3 is 5.97 Å². The molecule has 1 aromatic carbocycles. The predicted molar refractivity (Wildman–Crippen MR) is 71.3 cm³/mol. The molecule has 0 amide bonds. The van der Waals surface area contributed by atoms with Crippen LogP contribution in [0.3, 0.4) is 0 Å². The van der Waals surface area contributed by atoms with Gasteiger partial charge in [-0.2, -0.15) is 0 Å². The molecule has 2 rings (SSSR count). The van der Waals surface area contributed by atoms with Crippen molar-refractivity contribution in [1.82, 2.24) is 4.98 Å². The Kier molecular flexibility index (Phi) is 4.13. The number of carboxylic acids is 1. The van der Waals surface area contributed by atoms with E-state index in [1.54, 1.807) is 24.3 Å². The first kappa shape index (κ1) is 13.5. The normalized spacial score (nSPS) is 10.2. The highest BCUT2D eigenvalue weighted by Gasteiger charge is 2.14. The quantitative estimate of drug-likeness (QED) is 0.904. The average molecular weight is 324 g/mol. The van der Waals surface area contributed by atoms with Gasteiger partial charge in [-0.05, 0) is 39.7 Å². The van der Waals surface area contributed by atoms with Gasteiger partial charge in [0.25, 0.3) is 0 Å². The number of hydrogen-bond acceptors (Lipinski definition) is 4. The number of rotatable bonds is 4. The van der Waals surface area contributed by atoms with Crippen LogP contribution in [-0.4, -0.2) is 21.2 Å². The first-order valence-electron chi connectivity index (χ1n) is 5.36. The van der Waals surface area contributed by atoms with Gasteiger partial charge in [0.1, 0.15) is 11.3 Å². The zero-order valence-electron chi connectivity index (χ0n) is 9.71. The zero-order valence-corrected chi connectivity index (χ0v) is 11.3. The van der Waals surface area contributed by atoms with E-state index in [1.807, 2.05) is 0 Å². The summed E-state index contributed by atoms with van der Waals surface area (Å²) in [5.74, 6) is -0.697. The first-order valence-corrected chi connectivity index (χ1v) is 6.16. The van der Waals surface area contributed by atoms with E-state index in [0.717, 1.165) is 0 Å². The lowest BCUT2D eigenvalue weighted by atomic mass is 10.2. The third-order valence-corrected chi connectivity index (χ3v) is 2.78. The standard InChI is InChI=1S/C13H10BrNO4/c14-9-5-11(13(17)18)12(15-6-9)19-10-3-1-2-8(4-10)7-16/h1-6,16H,7H2,(H,17,18). The fraction of sp³-hybridized carbons (Fsp3) is 0.0769. The Bertz CT molecular complexity index is 615. The van der Waals surface area contributed by atoms with Gasteiger partial charge in [0.15, 0.2) is 0 Å². The Balaban J connectivity index is 2.34. The summed E-state index contributed by atoms with van der Waals surface area (Å²) in [5, 5.41) is 18.1. The Morgan fingerprint density at radius 3 is 2.84 bits per heavy atom. The highest BCUT2D eigenvalue weighted by atomic mass is 79.9. The van der Waals surface area contributed by atoms with E-state index in [4.69, 9.17) is 14.9 Å². The van der Waals surface area contributed by atoms with Crippen molar-refractivity contribution >= 4 is 21.9 Å². The molecular formula is C13H10BrNO4. The van der Waals surface area contributed by atoms with Crippen molar-refractivity contribution in [2.45, 2.75) is 6.61 Å². The lowest BCUT2D eigenvalue weighted by molar-refractivity contribution is 0.0693. The number of aromatic nitrogens is 1. The molecule has 0 saturated heterocycles. The van der Waals surface area contributed by atoms with E-state index in [-0.39, 0.29) is 18.1 Å². The van der Waals surface area contributed by atoms with Crippen LogP contribution in [0.2, 0.25) is 0 Å². The van der Waals surface area contributed by atoms with Crippen molar-refractivity contribution in [1.29, 1.82) is 0 Å². The molecule has 6 heteroatoms. The number of pyridine rings is 1. The van der Waals surface area contributed by atoms with Gasteiger partial charge < -0.3 is 14.9 Å². The number of benzene rings is 1. The van der Waals surface area contributed by atoms with Crippen LogP contribution in [0, 0.1) is 0 Å². The zero-order chi connectivity index (χ0) is 13.8. The van der Waals surface area contributed by atoms with Crippen molar-refractivity contribution in [3.05, 3.63) is 52.1 Å². The van der Waals surface area contributed by atoms with Gasteiger partial charge in [-0.3, -0.25) is 0 Å². The second-order valence-electron chi connectivity index (χ2n) is 3.72. The Hall–Kier alpha value is -1.92. The largest absolute Gasteiger partial charge is 0.477 e. The summed E-state index contributed by atoms with van der Waals surface area (Å²) < 4.78 is 6.00. The number of ether oxygens (including phenoxy) is 1. The summed E-state index contributed by atoms with van der Waals surface area (Å²) in [7, 11) is 0. The van der Waals surface area contributed by atoms with Gasteiger partial charge in [-0.1, -0.05) is 12.1 Å². The number of aliphatic hydroxyl groups is 1. The summed E-state index contributed by atoms with van der Waals surface area (Å²) in [4.78, 5) is 15.0. The molecule has 0 aliphatic carbocycles. The van der Waals surface area contributed by atoms with Gasteiger partial charge in [0.2, 0.25) is 5.88 Å². The number of carbonyl (C=O) groups is 1. The maximum atomic E-state index is 11.1. The van der Waals surface area contributed by atoms with Crippen LogP contribution in [0.5, 0.6) is 11.6 Å². The van der Waals surface area contributed by atoms with Crippen molar-refractivity contribution < 1.29 is 19.7 Å². The highest BCUT2D eigenvalue weighted by molar-refractivity contribution is 9.10. The maximum absolute atomic E-state index is 11.1. The molecule has 0 atom stereocenters. The predicted octanol–water partition coefficient (Wildman–Crippen LogP) is 2.83. The van der Waals surface area contributed by atoms with Crippen molar-refractivity contribution in [3.63, 3.8) is 0 Å². The van der Waals surface area contributed by atoms with Crippen molar-refractivity contribution in [3.8, 4) is 11.6 Å². The topological polar surface area (TPSA) is 79.7 Å². The van der Waals surface area contributed by atoms with E-state index in [1.165, 1.54) is 12.3 Å². The third-order valence-electron chi connectivity index (χ3n) is 2.34. The molecule has 0 unspecified atom stereocenters. The molecule has 5 nitrogen and oxygen atoms in total. The molecule has 0 bridgehead atoms. The summed E-state index contributed by atoms with van der Waals surface area (Å²) >= 11 is 3.16. The molecule has 0 radical (unpaired) electrons. The van der Waals surface area contributed by atoms with Crippen LogP contribution in [0.4, 0.5) is 0 Å². The molecule has 1 heterocycles. The molecule has 0 aliphatic heterocycles. The molecular weight excluding hydrogens is 314 g/mol. The van der Waals surface area contributed by atoms with Gasteiger partial charge in [0.05, 0.1) is 6.61 Å². The number of nitrogens with zero attached hydrogens (tertiary/aromatic N) is 1. The average Bonchev–Trinajstić information content (AvgIpc) is 2.41.